The maximum Gasteiger partial charge on any atom is 0.220 e. The van der Waals surface area contributed by atoms with Gasteiger partial charge in [0.2, 0.25) is 5.91 Å². The van der Waals surface area contributed by atoms with Gasteiger partial charge in [-0.3, -0.25) is 4.79 Å². The third-order valence-electron chi connectivity index (χ3n) is 14.5. The summed E-state index contributed by atoms with van der Waals surface area (Å²) in [6.07, 6.45) is 86.7. The maximum atomic E-state index is 12.5. The van der Waals surface area contributed by atoms with Crippen molar-refractivity contribution in [1.29, 1.82) is 0 Å². The van der Waals surface area contributed by atoms with E-state index < -0.39 is 12.1 Å². The van der Waals surface area contributed by atoms with E-state index in [1.807, 2.05) is 0 Å². The Kier molecular flexibility index (Phi) is 59.7. The van der Waals surface area contributed by atoms with Gasteiger partial charge in [-0.2, -0.15) is 0 Å². The van der Waals surface area contributed by atoms with Gasteiger partial charge in [0.1, 0.15) is 0 Å². The second-order valence-corrected chi connectivity index (χ2v) is 21.5. The van der Waals surface area contributed by atoms with Crippen LogP contribution in [0, 0.1) is 0 Å². The van der Waals surface area contributed by atoms with Crippen LogP contribution in [-0.4, -0.2) is 34.9 Å². The molecule has 0 aliphatic rings. The van der Waals surface area contributed by atoms with E-state index in [0.717, 1.165) is 57.8 Å². The Morgan fingerprint density at radius 3 is 0.943 bits per heavy atom. The molecule has 0 fully saturated rings. The molecule has 4 heteroatoms. The number of hydrogen-bond donors (Lipinski definition) is 3. The van der Waals surface area contributed by atoms with Gasteiger partial charge in [0, 0.05) is 6.42 Å². The Morgan fingerprint density at radius 2 is 0.629 bits per heavy atom. The van der Waals surface area contributed by atoms with E-state index in [4.69, 9.17) is 0 Å². The summed E-state index contributed by atoms with van der Waals surface area (Å²) in [7, 11) is 0. The number of hydrogen-bond acceptors (Lipinski definition) is 3. The molecule has 0 rings (SSSR count). The summed E-state index contributed by atoms with van der Waals surface area (Å²) in [5, 5.41) is 23.4. The molecule has 0 aliphatic heterocycles. The van der Waals surface area contributed by atoms with Crippen LogP contribution in [0.4, 0.5) is 0 Å². The molecular formula is C66H123NO3. The van der Waals surface area contributed by atoms with Crippen LogP contribution in [0.15, 0.2) is 60.8 Å². The highest BCUT2D eigenvalue weighted by atomic mass is 16.3. The van der Waals surface area contributed by atoms with E-state index in [9.17, 15) is 15.0 Å². The molecule has 0 bridgehead atoms. The highest BCUT2D eigenvalue weighted by molar-refractivity contribution is 5.76. The SMILES string of the molecule is CC/C=C\C/C=C\C/C=C\C/C=C\C/C=C\CCCCCCCCCCCCCCCC(=O)NC(CO)C(O)CCCCCCCCCCCCCCCCCCCCCCCCCCCCCCC. The minimum Gasteiger partial charge on any atom is -0.394 e. The number of carbonyl (C=O) groups is 1. The summed E-state index contributed by atoms with van der Waals surface area (Å²) < 4.78 is 0. The lowest BCUT2D eigenvalue weighted by atomic mass is 10.0. The van der Waals surface area contributed by atoms with Crippen molar-refractivity contribution in [3.63, 3.8) is 0 Å². The van der Waals surface area contributed by atoms with Crippen LogP contribution >= 0.6 is 0 Å². The number of aliphatic hydroxyl groups is 2. The molecule has 0 heterocycles. The van der Waals surface area contributed by atoms with Crippen molar-refractivity contribution in [3.05, 3.63) is 60.8 Å². The van der Waals surface area contributed by atoms with Gasteiger partial charge in [0.25, 0.3) is 0 Å². The molecular weight excluding hydrogens is 855 g/mol. The van der Waals surface area contributed by atoms with E-state index in [-0.39, 0.29) is 12.5 Å². The van der Waals surface area contributed by atoms with Gasteiger partial charge in [-0.15, -0.1) is 0 Å². The number of unbranched alkanes of at least 4 members (excludes halogenated alkanes) is 41. The molecule has 0 aromatic carbocycles. The molecule has 2 unspecified atom stereocenters. The molecule has 4 nitrogen and oxygen atoms in total. The predicted molar refractivity (Wildman–Crippen MR) is 313 cm³/mol. The van der Waals surface area contributed by atoms with Crippen molar-refractivity contribution >= 4 is 5.91 Å². The lowest BCUT2D eigenvalue weighted by molar-refractivity contribution is -0.123. The lowest BCUT2D eigenvalue weighted by Crippen LogP contribution is -2.45. The molecule has 0 spiro atoms. The van der Waals surface area contributed by atoms with Crippen LogP contribution in [-0.2, 0) is 4.79 Å². The van der Waals surface area contributed by atoms with Gasteiger partial charge in [-0.25, -0.2) is 0 Å². The summed E-state index contributed by atoms with van der Waals surface area (Å²) in [6.45, 7) is 4.28. The number of carbonyl (C=O) groups excluding carboxylic acids is 1. The van der Waals surface area contributed by atoms with Crippen LogP contribution in [0.5, 0.6) is 0 Å². The fourth-order valence-corrected chi connectivity index (χ4v) is 9.80. The first-order valence-corrected chi connectivity index (χ1v) is 31.5. The van der Waals surface area contributed by atoms with Crippen LogP contribution in [0.2, 0.25) is 0 Å². The van der Waals surface area contributed by atoms with E-state index in [1.54, 1.807) is 0 Å². The first kappa shape index (κ1) is 68.1. The largest absolute Gasteiger partial charge is 0.394 e. The molecule has 0 aromatic heterocycles. The van der Waals surface area contributed by atoms with Gasteiger partial charge >= 0.3 is 0 Å². The fraction of sp³-hybridized carbons (Fsp3) is 0.833. The molecule has 410 valence electrons. The van der Waals surface area contributed by atoms with Crippen LogP contribution in [0.25, 0.3) is 0 Å². The third kappa shape index (κ3) is 57.0. The first-order valence-electron chi connectivity index (χ1n) is 31.5. The fourth-order valence-electron chi connectivity index (χ4n) is 9.80. The number of aliphatic hydroxyl groups excluding tert-OH is 2. The van der Waals surface area contributed by atoms with Gasteiger partial charge in [-0.05, 0) is 57.8 Å². The minimum absolute atomic E-state index is 0.0298. The second-order valence-electron chi connectivity index (χ2n) is 21.5. The molecule has 1 amide bonds. The quantitative estimate of drug-likeness (QED) is 0.0420. The zero-order chi connectivity index (χ0) is 50.6. The molecule has 0 aliphatic carbocycles. The second kappa shape index (κ2) is 61.4. The molecule has 0 aromatic rings. The molecule has 3 N–H and O–H groups in total. The van der Waals surface area contributed by atoms with E-state index in [0.29, 0.717) is 12.8 Å². The monoisotopic (exact) mass is 978 g/mol. The summed E-state index contributed by atoms with van der Waals surface area (Å²) >= 11 is 0. The highest BCUT2D eigenvalue weighted by Crippen LogP contribution is 2.18. The van der Waals surface area contributed by atoms with Crippen LogP contribution < -0.4 is 5.32 Å². The maximum absolute atomic E-state index is 12.5. The highest BCUT2D eigenvalue weighted by Gasteiger charge is 2.20. The first-order chi connectivity index (χ1) is 34.7. The van der Waals surface area contributed by atoms with Gasteiger partial charge in [0.15, 0.2) is 0 Å². The topological polar surface area (TPSA) is 69.6 Å². The normalized spacial score (nSPS) is 13.1. The number of rotatable bonds is 58. The summed E-state index contributed by atoms with van der Waals surface area (Å²) in [5.74, 6) is -0.0298. The summed E-state index contributed by atoms with van der Waals surface area (Å²) in [5.41, 5.74) is 0. The van der Waals surface area contributed by atoms with Crippen molar-refractivity contribution in [2.24, 2.45) is 0 Å². The Balaban J connectivity index is 3.44. The zero-order valence-corrected chi connectivity index (χ0v) is 47.3. The predicted octanol–water partition coefficient (Wildman–Crippen LogP) is 21.2. The number of amides is 1. The Hall–Kier alpha value is -1.91. The van der Waals surface area contributed by atoms with Gasteiger partial charge in [0.05, 0.1) is 18.8 Å². The van der Waals surface area contributed by atoms with E-state index >= 15 is 0 Å². The zero-order valence-electron chi connectivity index (χ0n) is 47.3. The molecule has 70 heavy (non-hydrogen) atoms. The Morgan fingerprint density at radius 1 is 0.357 bits per heavy atom. The van der Waals surface area contributed by atoms with Crippen molar-refractivity contribution in [3.8, 4) is 0 Å². The molecule has 0 saturated carbocycles. The van der Waals surface area contributed by atoms with Gasteiger partial charge in [-0.1, -0.05) is 331 Å². The average Bonchev–Trinajstić information content (AvgIpc) is 3.36. The smallest absolute Gasteiger partial charge is 0.220 e. The number of nitrogens with one attached hydrogen (secondary N) is 1. The van der Waals surface area contributed by atoms with E-state index in [2.05, 4.69) is 79.9 Å². The van der Waals surface area contributed by atoms with Crippen LogP contribution in [0.1, 0.15) is 335 Å². The van der Waals surface area contributed by atoms with Crippen LogP contribution in [0.3, 0.4) is 0 Å². The van der Waals surface area contributed by atoms with Crippen molar-refractivity contribution in [1.82, 2.24) is 5.32 Å². The Labute approximate surface area is 438 Å². The average molecular weight is 979 g/mol. The molecule has 2 atom stereocenters. The summed E-state index contributed by atoms with van der Waals surface area (Å²) in [4.78, 5) is 12.5. The minimum atomic E-state index is -0.664. The lowest BCUT2D eigenvalue weighted by Gasteiger charge is -2.22. The van der Waals surface area contributed by atoms with E-state index in [1.165, 1.54) is 250 Å². The molecule has 0 saturated heterocycles. The molecule has 0 radical (unpaired) electrons. The van der Waals surface area contributed by atoms with Crippen molar-refractivity contribution < 1.29 is 15.0 Å². The third-order valence-corrected chi connectivity index (χ3v) is 14.5. The summed E-state index contributed by atoms with van der Waals surface area (Å²) in [6, 6.07) is -0.541. The standard InChI is InChI=1S/C66H123NO3/c1-3-5-7-9-11-13-15-17-19-21-23-25-27-29-31-33-35-37-39-41-43-45-47-49-51-53-55-57-59-61-65(69)64(63-68)67-66(70)62-60-58-56-54-52-50-48-46-44-42-40-38-36-34-32-30-28-26-24-22-20-18-16-14-12-10-8-6-4-2/h6,8,12,14,18,20,24,26,30,32,64-65,68-69H,3-5,7,9-11,13,15-17,19,21-23,25,27-29,31,33-63H2,1-2H3,(H,67,70)/b8-6-,14-12-,20-18-,26-24-,32-30-. The Bertz CT molecular complexity index is 1150. The van der Waals surface area contributed by atoms with Crippen molar-refractivity contribution in [2.45, 2.75) is 347 Å². The van der Waals surface area contributed by atoms with Gasteiger partial charge < -0.3 is 15.5 Å². The number of allylic oxidation sites excluding steroid dienone is 10. The van der Waals surface area contributed by atoms with Crippen molar-refractivity contribution in [2.75, 3.05) is 6.61 Å².